The minimum Gasteiger partial charge on any atom is -0.462 e. The second kappa shape index (κ2) is 14.5. The molecule has 256 valence electrons. The van der Waals surface area contributed by atoms with Gasteiger partial charge in [0.25, 0.3) is 5.56 Å². The first-order valence-electron chi connectivity index (χ1n) is 16.4. The standard InChI is InChI=1S/C35H37N5O9/c1-3-35(49-31(43)21-46-20-30(42)47-14-13-39-18-25(37-38-39)11-6-4-5-9-22(2)41)27-16-29-32-24(15-23-10-7-8-12-28(23)36-32)17-40(29)33(44)26(27)19-48-34(35)45/h7-8,10,12,15-16,18H,3-6,9,11,13-14,17,19-21H2,1-2H3/t35-/m0/s1. The summed E-state index contributed by atoms with van der Waals surface area (Å²) in [6.07, 6.45) is 5.79. The molecule has 1 aromatic carbocycles. The van der Waals surface area contributed by atoms with Crippen molar-refractivity contribution in [3.05, 3.63) is 75.3 Å². The lowest BCUT2D eigenvalue weighted by molar-refractivity contribution is -0.192. The maximum atomic E-state index is 13.7. The van der Waals surface area contributed by atoms with Gasteiger partial charge in [0, 0.05) is 29.1 Å². The largest absolute Gasteiger partial charge is 0.462 e. The average Bonchev–Trinajstić information content (AvgIpc) is 3.69. The van der Waals surface area contributed by atoms with E-state index in [1.54, 1.807) is 35.4 Å². The molecule has 0 amide bonds. The van der Waals surface area contributed by atoms with Gasteiger partial charge in [-0.2, -0.15) is 0 Å². The number of fused-ring (bicyclic) bond motifs is 5. The van der Waals surface area contributed by atoms with Crippen LogP contribution in [0.4, 0.5) is 0 Å². The van der Waals surface area contributed by atoms with E-state index in [0.717, 1.165) is 47.8 Å². The fourth-order valence-corrected chi connectivity index (χ4v) is 6.24. The molecule has 14 nitrogen and oxygen atoms in total. The van der Waals surface area contributed by atoms with Crippen molar-refractivity contribution in [2.45, 2.75) is 77.7 Å². The van der Waals surface area contributed by atoms with Gasteiger partial charge in [0.05, 0.1) is 41.3 Å². The number of unbranched alkanes of at least 4 members (excludes halogenated alkanes) is 2. The summed E-state index contributed by atoms with van der Waals surface area (Å²) in [5.41, 5.74) is 1.84. The number of ether oxygens (including phenoxy) is 4. The quantitative estimate of drug-likeness (QED) is 0.0906. The van der Waals surface area contributed by atoms with Gasteiger partial charge in [0.1, 0.15) is 32.2 Å². The number of hydrogen-bond donors (Lipinski definition) is 0. The molecule has 0 unspecified atom stereocenters. The zero-order valence-electron chi connectivity index (χ0n) is 27.4. The van der Waals surface area contributed by atoms with Crippen LogP contribution in [-0.4, -0.2) is 68.1 Å². The van der Waals surface area contributed by atoms with Gasteiger partial charge >= 0.3 is 17.9 Å². The highest BCUT2D eigenvalue weighted by Crippen LogP contribution is 2.41. The summed E-state index contributed by atoms with van der Waals surface area (Å²) in [5, 5.41) is 9.09. The van der Waals surface area contributed by atoms with Gasteiger partial charge in [-0.05, 0) is 50.8 Å². The Kier molecular flexibility index (Phi) is 9.95. The van der Waals surface area contributed by atoms with Crippen LogP contribution in [0.15, 0.2) is 47.4 Å². The number of esters is 3. The maximum Gasteiger partial charge on any atom is 0.355 e. The number of rotatable bonds is 15. The van der Waals surface area contributed by atoms with Gasteiger partial charge in [-0.15, -0.1) is 5.10 Å². The van der Waals surface area contributed by atoms with Crippen molar-refractivity contribution < 1.29 is 38.1 Å². The fourth-order valence-electron chi connectivity index (χ4n) is 6.24. The van der Waals surface area contributed by atoms with Crippen LogP contribution in [0.3, 0.4) is 0 Å². The number of aromatic nitrogens is 5. The molecule has 0 spiro atoms. The number of nitrogens with zero attached hydrogens (tertiary/aromatic N) is 5. The monoisotopic (exact) mass is 671 g/mol. The summed E-state index contributed by atoms with van der Waals surface area (Å²) in [7, 11) is 0. The molecular formula is C35H37N5O9. The van der Waals surface area contributed by atoms with E-state index in [0.29, 0.717) is 24.4 Å². The minimum absolute atomic E-state index is 0.00260. The molecule has 14 heteroatoms. The predicted molar refractivity (Wildman–Crippen MR) is 173 cm³/mol. The van der Waals surface area contributed by atoms with Crippen LogP contribution >= 0.6 is 0 Å². The molecule has 0 N–H and O–H groups in total. The van der Waals surface area contributed by atoms with Crippen LogP contribution in [0.5, 0.6) is 0 Å². The first-order chi connectivity index (χ1) is 23.7. The molecule has 4 aromatic rings. The van der Waals surface area contributed by atoms with Crippen LogP contribution in [0, 0.1) is 0 Å². The smallest absolute Gasteiger partial charge is 0.355 e. The second-order valence-corrected chi connectivity index (χ2v) is 12.2. The van der Waals surface area contributed by atoms with Crippen LogP contribution < -0.4 is 5.56 Å². The van der Waals surface area contributed by atoms with Crippen LogP contribution in [0.1, 0.15) is 68.3 Å². The SMILES string of the molecule is CC[C@@]1(OC(=O)COCC(=O)OCCn2cc(CCCCCC(C)=O)nn2)C(=O)OCc2c1cc1n(c2=O)Cc2cc3ccccc3nc2-1. The highest BCUT2D eigenvalue weighted by molar-refractivity contribution is 5.88. The van der Waals surface area contributed by atoms with E-state index in [4.69, 9.17) is 23.9 Å². The Hall–Kier alpha value is -5.24. The van der Waals surface area contributed by atoms with Crippen molar-refractivity contribution >= 4 is 34.6 Å². The molecule has 2 aliphatic rings. The lowest BCUT2D eigenvalue weighted by atomic mass is 9.85. The number of Topliss-reactive ketones (excluding diaryl/α,β-unsaturated/α-hetero) is 1. The third-order valence-electron chi connectivity index (χ3n) is 8.74. The number of carbonyl (C=O) groups is 4. The van der Waals surface area contributed by atoms with Crippen molar-refractivity contribution in [3.63, 3.8) is 0 Å². The first kappa shape index (κ1) is 33.7. The Morgan fingerprint density at radius 3 is 2.67 bits per heavy atom. The number of benzene rings is 1. The third-order valence-corrected chi connectivity index (χ3v) is 8.74. The Labute approximate surface area is 281 Å². The highest BCUT2D eigenvalue weighted by atomic mass is 16.6. The second-order valence-electron chi connectivity index (χ2n) is 12.2. The van der Waals surface area contributed by atoms with E-state index >= 15 is 0 Å². The van der Waals surface area contributed by atoms with E-state index in [2.05, 4.69) is 10.3 Å². The number of carbonyl (C=O) groups excluding carboxylic acids is 4. The normalized spacial score (nSPS) is 16.1. The van der Waals surface area contributed by atoms with Gasteiger partial charge in [0.2, 0.25) is 5.60 Å². The molecule has 2 aliphatic heterocycles. The van der Waals surface area contributed by atoms with E-state index in [9.17, 15) is 24.0 Å². The van der Waals surface area contributed by atoms with Crippen molar-refractivity contribution in [2.24, 2.45) is 0 Å². The summed E-state index contributed by atoms with van der Waals surface area (Å²) >= 11 is 0. The molecule has 1 atom stereocenters. The molecule has 0 aliphatic carbocycles. The number of hydrogen-bond acceptors (Lipinski definition) is 12. The lowest BCUT2D eigenvalue weighted by Gasteiger charge is -2.35. The third kappa shape index (κ3) is 7.14. The molecule has 0 fully saturated rings. The van der Waals surface area contributed by atoms with E-state index in [1.807, 2.05) is 30.3 Å². The van der Waals surface area contributed by atoms with Crippen LogP contribution in [0.2, 0.25) is 0 Å². The van der Waals surface area contributed by atoms with Gasteiger partial charge in [-0.3, -0.25) is 4.79 Å². The van der Waals surface area contributed by atoms with Gasteiger partial charge in [-0.1, -0.05) is 36.8 Å². The Balaban J connectivity index is 1.03. The average molecular weight is 672 g/mol. The number of para-hydroxylation sites is 1. The van der Waals surface area contributed by atoms with Crippen molar-refractivity contribution in [1.29, 1.82) is 0 Å². The Morgan fingerprint density at radius 2 is 1.86 bits per heavy atom. The maximum absolute atomic E-state index is 13.7. The summed E-state index contributed by atoms with van der Waals surface area (Å²) in [6.45, 7) is 2.44. The summed E-state index contributed by atoms with van der Waals surface area (Å²) < 4.78 is 24.7. The van der Waals surface area contributed by atoms with Gasteiger partial charge in [-0.25, -0.2) is 24.0 Å². The molecule has 0 radical (unpaired) electrons. The molecule has 0 saturated carbocycles. The summed E-state index contributed by atoms with van der Waals surface area (Å²) in [5.74, 6) is -2.23. The predicted octanol–water partition coefficient (Wildman–Crippen LogP) is 3.17. The first-order valence-corrected chi connectivity index (χ1v) is 16.4. The number of aryl methyl sites for hydroxylation is 1. The summed E-state index contributed by atoms with van der Waals surface area (Å²) in [4.78, 5) is 68.0. The number of ketones is 1. The van der Waals surface area contributed by atoms with Crippen molar-refractivity contribution in [3.8, 4) is 11.4 Å². The molecule has 0 saturated heterocycles. The number of pyridine rings is 2. The zero-order chi connectivity index (χ0) is 34.5. The zero-order valence-corrected chi connectivity index (χ0v) is 27.4. The number of cyclic esters (lactones) is 1. The van der Waals surface area contributed by atoms with Gasteiger partial charge in [0.15, 0.2) is 0 Å². The Morgan fingerprint density at radius 1 is 1.04 bits per heavy atom. The minimum atomic E-state index is -1.88. The molecule has 3 aromatic heterocycles. The van der Waals surface area contributed by atoms with Crippen LogP contribution in [0.25, 0.3) is 22.3 Å². The fraction of sp³-hybridized carbons (Fsp3) is 0.429. The van der Waals surface area contributed by atoms with Crippen molar-refractivity contribution in [1.82, 2.24) is 24.5 Å². The highest BCUT2D eigenvalue weighted by Gasteiger charge is 2.50. The molecular weight excluding hydrogens is 634 g/mol. The lowest BCUT2D eigenvalue weighted by Crippen LogP contribution is -2.48. The van der Waals surface area contributed by atoms with Crippen LogP contribution in [-0.2, 0) is 69.8 Å². The molecule has 5 heterocycles. The van der Waals surface area contributed by atoms with Gasteiger partial charge < -0.3 is 28.3 Å². The topological polar surface area (TPSA) is 171 Å². The molecule has 0 bridgehead atoms. The van der Waals surface area contributed by atoms with E-state index in [1.165, 1.54) is 0 Å². The Bertz CT molecular complexity index is 1980. The molecule has 6 rings (SSSR count). The molecule has 49 heavy (non-hydrogen) atoms. The van der Waals surface area contributed by atoms with Crippen molar-refractivity contribution in [2.75, 3.05) is 19.8 Å². The van der Waals surface area contributed by atoms with E-state index in [-0.39, 0.29) is 48.6 Å². The summed E-state index contributed by atoms with van der Waals surface area (Å²) in [6, 6.07) is 11.3. The van der Waals surface area contributed by atoms with E-state index < -0.39 is 36.7 Å².